The topological polar surface area (TPSA) is 86.7 Å². The first kappa shape index (κ1) is 18.6. The Morgan fingerprint density at radius 1 is 1.04 bits per heavy atom. The van der Waals surface area contributed by atoms with Gasteiger partial charge < -0.3 is 15.3 Å². The maximum absolute atomic E-state index is 12.6. The second kappa shape index (κ2) is 8.03. The van der Waals surface area contributed by atoms with Crippen molar-refractivity contribution in [3.8, 4) is 0 Å². The van der Waals surface area contributed by atoms with Gasteiger partial charge in [-0.2, -0.15) is 0 Å². The Morgan fingerprint density at radius 3 is 2.26 bits per heavy atom. The highest BCUT2D eigenvalue weighted by Gasteiger charge is 2.48. The monoisotopic (exact) mass is 366 g/mol. The molecular weight excluding hydrogens is 344 g/mol. The van der Waals surface area contributed by atoms with Crippen LogP contribution in [-0.2, 0) is 20.8 Å². The first-order valence-corrected chi connectivity index (χ1v) is 8.97. The summed E-state index contributed by atoms with van der Waals surface area (Å²) in [6, 6.07) is 16.6. The molecule has 2 amide bonds. The van der Waals surface area contributed by atoms with Crippen molar-refractivity contribution in [3.63, 3.8) is 0 Å². The van der Waals surface area contributed by atoms with Gasteiger partial charge in [-0.25, -0.2) is 0 Å². The van der Waals surface area contributed by atoms with E-state index in [2.05, 4.69) is 5.32 Å². The normalized spacial score (nSPS) is 17.8. The van der Waals surface area contributed by atoms with Crippen molar-refractivity contribution >= 4 is 29.2 Å². The number of hydrogen-bond acceptors (Lipinski definition) is 3. The molecule has 1 fully saturated rings. The van der Waals surface area contributed by atoms with E-state index < -0.39 is 17.8 Å². The number of rotatable bonds is 7. The zero-order valence-corrected chi connectivity index (χ0v) is 15.1. The fourth-order valence-corrected chi connectivity index (χ4v) is 3.08. The summed E-state index contributed by atoms with van der Waals surface area (Å²) in [6.07, 6.45) is 0.654. The highest BCUT2D eigenvalue weighted by Crippen LogP contribution is 2.39. The van der Waals surface area contributed by atoms with Gasteiger partial charge in [-0.15, -0.1) is 0 Å². The van der Waals surface area contributed by atoms with E-state index in [4.69, 9.17) is 5.11 Å². The van der Waals surface area contributed by atoms with Gasteiger partial charge >= 0.3 is 5.97 Å². The number of nitrogens with one attached hydrogen (secondary N) is 1. The predicted octanol–water partition coefficient (Wildman–Crippen LogP) is 2.94. The van der Waals surface area contributed by atoms with Crippen LogP contribution in [-0.4, -0.2) is 29.4 Å². The molecule has 140 valence electrons. The number of carboxylic acids is 1. The number of carbonyl (C=O) groups is 3. The van der Waals surface area contributed by atoms with E-state index in [1.165, 1.54) is 0 Å². The molecule has 27 heavy (non-hydrogen) atoms. The van der Waals surface area contributed by atoms with Gasteiger partial charge in [-0.05, 0) is 43.2 Å². The van der Waals surface area contributed by atoms with Gasteiger partial charge in [0, 0.05) is 17.9 Å². The quantitative estimate of drug-likeness (QED) is 0.789. The van der Waals surface area contributed by atoms with Crippen molar-refractivity contribution in [1.82, 2.24) is 0 Å². The van der Waals surface area contributed by atoms with Crippen LogP contribution in [0.15, 0.2) is 54.6 Å². The molecule has 0 aromatic heterocycles. The third kappa shape index (κ3) is 4.53. The van der Waals surface area contributed by atoms with Gasteiger partial charge in [0.25, 0.3) is 0 Å². The first-order valence-electron chi connectivity index (χ1n) is 8.97. The summed E-state index contributed by atoms with van der Waals surface area (Å²) in [5.74, 6) is -2.22. The van der Waals surface area contributed by atoms with Crippen LogP contribution in [0.1, 0.15) is 18.9 Å². The SMILES string of the molecule is CCN(C(=O)Cc1ccc(NC(=O)C2CC2C(=O)O)cc1)c1ccccc1. The minimum Gasteiger partial charge on any atom is -0.481 e. The maximum Gasteiger partial charge on any atom is 0.307 e. The molecule has 0 heterocycles. The van der Waals surface area contributed by atoms with Crippen molar-refractivity contribution in [2.24, 2.45) is 11.8 Å². The lowest BCUT2D eigenvalue weighted by Crippen LogP contribution is -2.31. The summed E-state index contributed by atoms with van der Waals surface area (Å²) >= 11 is 0. The van der Waals surface area contributed by atoms with E-state index in [9.17, 15) is 14.4 Å². The molecule has 0 saturated heterocycles. The van der Waals surface area contributed by atoms with E-state index in [1.807, 2.05) is 37.3 Å². The Morgan fingerprint density at radius 2 is 1.70 bits per heavy atom. The highest BCUT2D eigenvalue weighted by atomic mass is 16.4. The Bertz CT molecular complexity index is 833. The fourth-order valence-electron chi connectivity index (χ4n) is 3.08. The third-order valence-corrected chi connectivity index (χ3v) is 4.71. The van der Waals surface area contributed by atoms with Crippen LogP contribution in [0, 0.1) is 11.8 Å². The average Bonchev–Trinajstić information content (AvgIpc) is 3.46. The molecule has 2 aromatic rings. The van der Waals surface area contributed by atoms with Crippen molar-refractivity contribution in [3.05, 3.63) is 60.2 Å². The Hall–Kier alpha value is -3.15. The Balaban J connectivity index is 1.58. The summed E-state index contributed by atoms with van der Waals surface area (Å²) in [5, 5.41) is 11.6. The number of carbonyl (C=O) groups excluding carboxylic acids is 2. The molecular formula is C21H22N2O4. The molecule has 0 aliphatic heterocycles. The molecule has 1 aliphatic carbocycles. The number of benzene rings is 2. The first-order chi connectivity index (χ1) is 13.0. The third-order valence-electron chi connectivity index (χ3n) is 4.71. The lowest BCUT2D eigenvalue weighted by Gasteiger charge is -2.21. The Labute approximate surface area is 157 Å². The number of anilines is 2. The van der Waals surface area contributed by atoms with E-state index in [1.54, 1.807) is 29.2 Å². The number of para-hydroxylation sites is 1. The number of carboxylic acid groups (broad SMARTS) is 1. The van der Waals surface area contributed by atoms with Crippen LogP contribution in [0.5, 0.6) is 0 Å². The van der Waals surface area contributed by atoms with Gasteiger partial charge in [-0.1, -0.05) is 30.3 Å². The number of likely N-dealkylation sites (N-methyl/N-ethyl adjacent to an activating group) is 1. The smallest absolute Gasteiger partial charge is 0.307 e. The minimum atomic E-state index is -0.928. The predicted molar refractivity (Wildman–Crippen MR) is 102 cm³/mol. The van der Waals surface area contributed by atoms with Gasteiger partial charge in [-0.3, -0.25) is 14.4 Å². The molecule has 1 aliphatic rings. The fraction of sp³-hybridized carbons (Fsp3) is 0.286. The molecule has 2 aromatic carbocycles. The molecule has 0 radical (unpaired) electrons. The zero-order valence-electron chi connectivity index (χ0n) is 15.1. The van der Waals surface area contributed by atoms with Gasteiger partial charge in [0.15, 0.2) is 0 Å². The molecule has 1 saturated carbocycles. The maximum atomic E-state index is 12.6. The number of nitrogens with zero attached hydrogens (tertiary/aromatic N) is 1. The summed E-state index contributed by atoms with van der Waals surface area (Å²) in [4.78, 5) is 37.2. The summed E-state index contributed by atoms with van der Waals surface area (Å²) in [7, 11) is 0. The standard InChI is InChI=1S/C21H22N2O4/c1-2-23(16-6-4-3-5-7-16)19(24)12-14-8-10-15(11-9-14)22-20(25)17-13-18(17)21(26)27/h3-11,17-18H,2,12-13H2,1H3,(H,22,25)(H,26,27). The lowest BCUT2D eigenvalue weighted by atomic mass is 10.1. The van der Waals surface area contributed by atoms with Crippen molar-refractivity contribution in [2.75, 3.05) is 16.8 Å². The molecule has 3 rings (SSSR count). The summed E-state index contributed by atoms with van der Waals surface area (Å²) in [6.45, 7) is 2.52. The van der Waals surface area contributed by atoms with Crippen LogP contribution in [0.3, 0.4) is 0 Å². The van der Waals surface area contributed by atoms with Crippen LogP contribution in [0.2, 0.25) is 0 Å². The number of amides is 2. The van der Waals surface area contributed by atoms with Gasteiger partial charge in [0.05, 0.1) is 18.3 Å². The van der Waals surface area contributed by atoms with Crippen LogP contribution < -0.4 is 10.2 Å². The molecule has 6 heteroatoms. The van der Waals surface area contributed by atoms with E-state index in [0.29, 0.717) is 18.7 Å². The van der Waals surface area contributed by atoms with Crippen molar-refractivity contribution in [2.45, 2.75) is 19.8 Å². The lowest BCUT2D eigenvalue weighted by molar-refractivity contribution is -0.139. The Kier molecular flexibility index (Phi) is 5.54. The van der Waals surface area contributed by atoms with Crippen LogP contribution in [0.4, 0.5) is 11.4 Å². The minimum absolute atomic E-state index is 0.00256. The van der Waals surface area contributed by atoms with Gasteiger partial charge in [0.2, 0.25) is 11.8 Å². The van der Waals surface area contributed by atoms with E-state index in [0.717, 1.165) is 11.3 Å². The van der Waals surface area contributed by atoms with Crippen LogP contribution in [0.25, 0.3) is 0 Å². The summed E-state index contributed by atoms with van der Waals surface area (Å²) < 4.78 is 0. The second-order valence-corrected chi connectivity index (χ2v) is 6.62. The van der Waals surface area contributed by atoms with E-state index in [-0.39, 0.29) is 18.2 Å². The molecule has 0 bridgehead atoms. The second-order valence-electron chi connectivity index (χ2n) is 6.62. The van der Waals surface area contributed by atoms with E-state index >= 15 is 0 Å². The molecule has 2 atom stereocenters. The van der Waals surface area contributed by atoms with Crippen LogP contribution >= 0.6 is 0 Å². The highest BCUT2D eigenvalue weighted by molar-refractivity contribution is 5.98. The van der Waals surface area contributed by atoms with Crippen molar-refractivity contribution < 1.29 is 19.5 Å². The molecule has 2 N–H and O–H groups in total. The summed E-state index contributed by atoms with van der Waals surface area (Å²) in [5.41, 5.74) is 2.32. The molecule has 6 nitrogen and oxygen atoms in total. The number of aliphatic carboxylic acids is 1. The molecule has 0 spiro atoms. The van der Waals surface area contributed by atoms with Gasteiger partial charge in [0.1, 0.15) is 0 Å². The number of hydrogen-bond donors (Lipinski definition) is 2. The zero-order chi connectivity index (χ0) is 19.4. The average molecular weight is 366 g/mol. The van der Waals surface area contributed by atoms with Crippen molar-refractivity contribution in [1.29, 1.82) is 0 Å². The molecule has 2 unspecified atom stereocenters. The largest absolute Gasteiger partial charge is 0.481 e.